The molecule has 0 radical (unpaired) electrons. The first kappa shape index (κ1) is 26.2. The molecule has 2 amide bonds. The van der Waals surface area contributed by atoms with E-state index in [1.807, 2.05) is 27.7 Å². The first-order valence-corrected chi connectivity index (χ1v) is 11.6. The average Bonchev–Trinajstić information content (AvgIpc) is 2.14. The highest BCUT2D eigenvalue weighted by Gasteiger charge is 2.46. The fraction of sp³-hybridized carbons (Fsp3) is 0.889. The Labute approximate surface area is 169 Å². The van der Waals surface area contributed by atoms with Crippen molar-refractivity contribution in [2.75, 3.05) is 0 Å². The molecule has 0 aromatic heterocycles. The van der Waals surface area contributed by atoms with Crippen molar-refractivity contribution in [3.63, 3.8) is 0 Å². The molecule has 0 atom stereocenters. The molecule has 0 saturated carbocycles. The summed E-state index contributed by atoms with van der Waals surface area (Å²) < 4.78 is 9.99. The summed E-state index contributed by atoms with van der Waals surface area (Å²) in [5.41, 5.74) is 4.65. The zero-order valence-corrected chi connectivity index (χ0v) is 20.1. The topological polar surface area (TPSA) is 103 Å². The van der Waals surface area contributed by atoms with E-state index in [0.717, 1.165) is 0 Å². The molecule has 27 heavy (non-hydrogen) atoms. The molecule has 0 fully saturated rings. The zero-order valence-electron chi connectivity index (χ0n) is 18.4. The molecular formula is C18H38ClN3O4P+. The molecule has 0 aliphatic rings. The summed E-state index contributed by atoms with van der Waals surface area (Å²) in [7, 11) is -3.68. The zero-order chi connectivity index (χ0) is 21.9. The number of hydrogen-bond acceptors (Lipinski definition) is 5. The summed E-state index contributed by atoms with van der Waals surface area (Å²) in [4.78, 5) is 24.3. The van der Waals surface area contributed by atoms with E-state index in [1.54, 1.807) is 0 Å². The van der Waals surface area contributed by atoms with E-state index < -0.39 is 30.5 Å². The van der Waals surface area contributed by atoms with Gasteiger partial charge in [-0.25, -0.2) is 18.6 Å². The second-order valence-electron chi connectivity index (χ2n) is 10.8. The molecule has 7 nitrogen and oxygen atoms in total. The van der Waals surface area contributed by atoms with Crippen LogP contribution in [0.4, 0.5) is 9.59 Å². The van der Waals surface area contributed by atoms with Crippen LogP contribution >= 0.6 is 18.5 Å². The first-order chi connectivity index (χ1) is 11.6. The molecule has 4 N–H and O–H groups in total. The van der Waals surface area contributed by atoms with Crippen LogP contribution < -0.4 is 16.1 Å². The number of hydrogen-bond donors (Lipinski definition) is 3. The van der Waals surface area contributed by atoms with Gasteiger partial charge in [0, 0.05) is 11.1 Å². The smallest absolute Gasteiger partial charge is 0.313 e. The number of halogens is 1. The molecule has 0 rings (SSSR count). The summed E-state index contributed by atoms with van der Waals surface area (Å²) in [6.07, 6.45) is -0.237. The second-order valence-corrected chi connectivity index (χ2v) is 13.6. The normalized spacial score (nSPS) is 13.8. The van der Waals surface area contributed by atoms with Crippen molar-refractivity contribution < 1.29 is 18.6 Å². The van der Waals surface area contributed by atoms with E-state index in [9.17, 15) is 9.59 Å². The molecule has 160 valence electrons. The van der Waals surface area contributed by atoms with Crippen LogP contribution in [0.5, 0.6) is 0 Å². The number of carbonyl (C=O) groups excluding carboxylic acids is 2. The van der Waals surface area contributed by atoms with Crippen molar-refractivity contribution in [1.29, 1.82) is 0 Å². The van der Waals surface area contributed by atoms with Gasteiger partial charge in [0.25, 0.3) is 0 Å². The number of rotatable bonds is 6. The third-order valence-corrected chi connectivity index (χ3v) is 4.48. The lowest BCUT2D eigenvalue weighted by atomic mass is 9.82. The van der Waals surface area contributed by atoms with Gasteiger partial charge in [0.15, 0.2) is 11.2 Å². The van der Waals surface area contributed by atoms with Crippen LogP contribution in [0.1, 0.15) is 82.1 Å². The van der Waals surface area contributed by atoms with Gasteiger partial charge >= 0.3 is 19.4 Å². The van der Waals surface area contributed by atoms with Crippen LogP contribution in [-0.2, 0) is 9.05 Å². The monoisotopic (exact) mass is 426 g/mol. The minimum absolute atomic E-state index is 0.00170. The van der Waals surface area contributed by atoms with Crippen LogP contribution in [0.15, 0.2) is 0 Å². The highest BCUT2D eigenvalue weighted by atomic mass is 35.7. The number of amides is 2. The predicted octanol–water partition coefficient (Wildman–Crippen LogP) is 5.74. The van der Waals surface area contributed by atoms with Gasteiger partial charge in [-0.3, -0.25) is 0 Å². The van der Waals surface area contributed by atoms with Crippen molar-refractivity contribution in [3.8, 4) is 0 Å². The highest BCUT2D eigenvalue weighted by molar-refractivity contribution is 7.90. The largest absolute Gasteiger partial charge is 0.551 e. The quantitative estimate of drug-likeness (QED) is 0.469. The molecule has 0 heterocycles. The minimum atomic E-state index is -3.68. The molecule has 0 aliphatic heterocycles. The van der Waals surface area contributed by atoms with Crippen molar-refractivity contribution in [1.82, 2.24) is 10.6 Å². The average molecular weight is 427 g/mol. The van der Waals surface area contributed by atoms with Crippen molar-refractivity contribution in [2.24, 2.45) is 16.3 Å². The maximum Gasteiger partial charge on any atom is 0.551 e. The fourth-order valence-corrected chi connectivity index (χ4v) is 4.54. The summed E-state index contributed by atoms with van der Waals surface area (Å²) in [5.74, 6) is 0. The Morgan fingerprint density at radius 1 is 0.778 bits per heavy atom. The van der Waals surface area contributed by atoms with Gasteiger partial charge in [0.2, 0.25) is 0 Å². The molecule has 0 bridgehead atoms. The molecule has 0 aromatic carbocycles. The van der Waals surface area contributed by atoms with Gasteiger partial charge in [-0.05, 0) is 51.4 Å². The Balaban J connectivity index is 4.75. The predicted molar refractivity (Wildman–Crippen MR) is 112 cm³/mol. The van der Waals surface area contributed by atoms with Crippen LogP contribution in [0, 0.1) is 10.8 Å². The molecular weight excluding hydrogens is 389 g/mol. The van der Waals surface area contributed by atoms with Crippen molar-refractivity contribution >= 4 is 30.6 Å². The highest BCUT2D eigenvalue weighted by Crippen LogP contribution is 2.58. The Bertz CT molecular complexity index is 492. The van der Waals surface area contributed by atoms with Crippen LogP contribution in [0.3, 0.4) is 0 Å². The van der Waals surface area contributed by atoms with Crippen LogP contribution in [0.25, 0.3) is 0 Å². The van der Waals surface area contributed by atoms with Gasteiger partial charge in [0.1, 0.15) is 0 Å². The van der Waals surface area contributed by atoms with Crippen LogP contribution in [-0.4, -0.2) is 23.3 Å². The molecule has 0 aromatic rings. The van der Waals surface area contributed by atoms with Gasteiger partial charge in [0.05, 0.1) is 0 Å². The van der Waals surface area contributed by atoms with Gasteiger partial charge < -0.3 is 10.6 Å². The SMILES string of the molecule is CC(C)(C)CC(C)(C)NC(=O)O[P+](N)(Cl)OC(=O)NC(C)(C)CC(C)(C)C. The van der Waals surface area contributed by atoms with E-state index in [4.69, 9.17) is 25.8 Å². The van der Waals surface area contributed by atoms with E-state index >= 15 is 0 Å². The van der Waals surface area contributed by atoms with E-state index in [2.05, 4.69) is 52.2 Å². The third-order valence-electron chi connectivity index (χ3n) is 3.24. The summed E-state index contributed by atoms with van der Waals surface area (Å²) >= 11 is 5.97. The summed E-state index contributed by atoms with van der Waals surface area (Å²) in [6, 6.07) is 0. The Kier molecular flexibility index (Phi) is 8.46. The van der Waals surface area contributed by atoms with E-state index in [-0.39, 0.29) is 10.8 Å². The minimum Gasteiger partial charge on any atom is -0.313 e. The van der Waals surface area contributed by atoms with Crippen molar-refractivity contribution in [3.05, 3.63) is 0 Å². The Morgan fingerprint density at radius 3 is 1.26 bits per heavy atom. The Hall–Kier alpha value is -0.780. The fourth-order valence-electron chi connectivity index (χ4n) is 3.58. The number of carbonyl (C=O) groups is 2. The summed E-state index contributed by atoms with van der Waals surface area (Å²) in [6.45, 7) is 19.9. The second kappa shape index (κ2) is 8.71. The third kappa shape index (κ3) is 14.0. The number of nitrogens with one attached hydrogen (secondary N) is 2. The first-order valence-electron chi connectivity index (χ1n) is 9.02. The maximum absolute atomic E-state index is 12.1. The van der Waals surface area contributed by atoms with Crippen LogP contribution in [0.2, 0.25) is 0 Å². The van der Waals surface area contributed by atoms with Crippen molar-refractivity contribution in [2.45, 2.75) is 93.2 Å². The van der Waals surface area contributed by atoms with E-state index in [0.29, 0.717) is 12.8 Å². The van der Waals surface area contributed by atoms with Gasteiger partial charge in [-0.1, -0.05) is 41.5 Å². The molecule has 0 unspecified atom stereocenters. The lowest BCUT2D eigenvalue weighted by Gasteiger charge is -2.33. The maximum atomic E-state index is 12.1. The standard InChI is InChI=1S/C18H37ClN3O4P/c1-15(2,3)11-17(7,8)21-13(23)25-27(19,20)26-14(24)22-18(9,10)12-16(4,5)6/h11-12,20H2,1-10H3,(H-,21,22,23,24)/p+1. The molecule has 9 heteroatoms. The molecule has 0 saturated heterocycles. The molecule has 0 aliphatic carbocycles. The summed E-state index contributed by atoms with van der Waals surface area (Å²) in [5, 5.41) is 5.42. The Morgan fingerprint density at radius 2 is 1.04 bits per heavy atom. The number of nitrogens with two attached hydrogens (primary N) is 1. The van der Waals surface area contributed by atoms with Gasteiger partial charge in [-0.15, -0.1) is 5.50 Å². The van der Waals surface area contributed by atoms with E-state index in [1.165, 1.54) is 0 Å². The lowest BCUT2D eigenvalue weighted by Crippen LogP contribution is -2.47. The molecule has 0 spiro atoms. The lowest BCUT2D eigenvalue weighted by molar-refractivity contribution is 0.162. The van der Waals surface area contributed by atoms with Gasteiger partial charge in [-0.2, -0.15) is 0 Å².